The average molecular weight is 464 g/mol. The summed E-state index contributed by atoms with van der Waals surface area (Å²) in [6, 6.07) is 16.3. The van der Waals surface area contributed by atoms with Crippen molar-refractivity contribution in [1.82, 2.24) is 10.2 Å². The van der Waals surface area contributed by atoms with Crippen molar-refractivity contribution in [2.75, 3.05) is 18.6 Å². The predicted octanol–water partition coefficient (Wildman–Crippen LogP) is 3.27. The first-order chi connectivity index (χ1) is 15.9. The van der Waals surface area contributed by atoms with Crippen molar-refractivity contribution in [1.29, 1.82) is 0 Å². The number of amides is 5. The molecule has 1 aromatic heterocycles. The molecule has 5 amide bonds. The summed E-state index contributed by atoms with van der Waals surface area (Å²) in [5.41, 5.74) is 2.17. The van der Waals surface area contributed by atoms with Crippen LogP contribution in [0, 0.1) is 6.92 Å². The van der Waals surface area contributed by atoms with Crippen molar-refractivity contribution in [2.45, 2.75) is 13.0 Å². The number of urea groups is 1. The van der Waals surface area contributed by atoms with Crippen molar-refractivity contribution >= 4 is 40.8 Å². The Kier molecular flexibility index (Phi) is 6.23. The number of thiophene rings is 1. The minimum atomic E-state index is -1.05. The second-order valence-electron chi connectivity index (χ2n) is 7.44. The van der Waals surface area contributed by atoms with E-state index in [2.05, 4.69) is 5.32 Å². The first-order valence-corrected chi connectivity index (χ1v) is 11.0. The molecule has 0 saturated carbocycles. The standard InChI is InChI=1S/C24H21N3O5S/c1-15-5-7-16(8-6-15)21(19-4-3-13-33-19)25-20(28)14-26-22(29)23(30)27(24(26)31)17-9-11-18(32-2)12-10-17/h3-13,21H,14H2,1-2H3,(H,25,28)/t21-/m1/s1. The van der Waals surface area contributed by atoms with Crippen LogP contribution in [0.1, 0.15) is 22.0 Å². The molecule has 4 rings (SSSR count). The van der Waals surface area contributed by atoms with Crippen molar-refractivity contribution in [2.24, 2.45) is 0 Å². The summed E-state index contributed by atoms with van der Waals surface area (Å²) in [4.78, 5) is 53.0. The van der Waals surface area contributed by atoms with E-state index < -0.39 is 36.3 Å². The number of hydrogen-bond donors (Lipinski definition) is 1. The minimum absolute atomic E-state index is 0.221. The molecular weight excluding hydrogens is 442 g/mol. The van der Waals surface area contributed by atoms with E-state index in [1.165, 1.54) is 30.6 Å². The number of carbonyl (C=O) groups excluding carboxylic acids is 4. The Morgan fingerprint density at radius 2 is 1.70 bits per heavy atom. The van der Waals surface area contributed by atoms with Crippen LogP contribution in [0.15, 0.2) is 66.0 Å². The molecule has 3 aromatic rings. The van der Waals surface area contributed by atoms with Crippen LogP contribution in [0.3, 0.4) is 0 Å². The van der Waals surface area contributed by atoms with E-state index in [1.54, 1.807) is 12.1 Å². The van der Waals surface area contributed by atoms with Gasteiger partial charge >= 0.3 is 17.8 Å². The third-order valence-corrected chi connectivity index (χ3v) is 6.17. The van der Waals surface area contributed by atoms with Gasteiger partial charge in [0.1, 0.15) is 12.3 Å². The predicted molar refractivity (Wildman–Crippen MR) is 123 cm³/mol. The number of nitrogens with one attached hydrogen (secondary N) is 1. The lowest BCUT2D eigenvalue weighted by Crippen LogP contribution is -2.42. The Morgan fingerprint density at radius 3 is 2.30 bits per heavy atom. The first kappa shape index (κ1) is 22.2. The molecule has 0 bridgehead atoms. The smallest absolute Gasteiger partial charge is 0.339 e. The molecule has 1 saturated heterocycles. The van der Waals surface area contributed by atoms with Crippen molar-refractivity contribution in [3.8, 4) is 5.75 Å². The molecule has 0 aliphatic carbocycles. The fourth-order valence-electron chi connectivity index (χ4n) is 3.49. The molecule has 1 fully saturated rings. The summed E-state index contributed by atoms with van der Waals surface area (Å²) < 4.78 is 5.07. The molecule has 9 heteroatoms. The molecule has 1 aliphatic rings. The van der Waals surface area contributed by atoms with Crippen LogP contribution >= 0.6 is 11.3 Å². The van der Waals surface area contributed by atoms with Crippen LogP contribution in [0.4, 0.5) is 10.5 Å². The summed E-state index contributed by atoms with van der Waals surface area (Å²) in [6.45, 7) is 1.41. The molecule has 0 spiro atoms. The highest BCUT2D eigenvalue weighted by molar-refractivity contribution is 7.10. The van der Waals surface area contributed by atoms with E-state index in [-0.39, 0.29) is 5.69 Å². The van der Waals surface area contributed by atoms with E-state index in [0.717, 1.165) is 20.9 Å². The molecule has 0 unspecified atom stereocenters. The highest BCUT2D eigenvalue weighted by Gasteiger charge is 2.46. The van der Waals surface area contributed by atoms with E-state index >= 15 is 0 Å². The second kappa shape index (κ2) is 9.25. The third kappa shape index (κ3) is 4.49. The molecule has 1 aliphatic heterocycles. The van der Waals surface area contributed by atoms with Crippen molar-refractivity contribution in [3.63, 3.8) is 0 Å². The van der Waals surface area contributed by atoms with Crippen LogP contribution in [0.2, 0.25) is 0 Å². The maximum atomic E-state index is 12.9. The summed E-state index contributed by atoms with van der Waals surface area (Å²) in [6.07, 6.45) is 0. The number of anilines is 1. The normalized spacial score (nSPS) is 14.5. The first-order valence-electron chi connectivity index (χ1n) is 10.1. The fraction of sp³-hybridized carbons (Fsp3) is 0.167. The van der Waals surface area contributed by atoms with Crippen LogP contribution in [-0.2, 0) is 14.4 Å². The summed E-state index contributed by atoms with van der Waals surface area (Å²) in [5, 5.41) is 4.79. The van der Waals surface area contributed by atoms with E-state index in [1.807, 2.05) is 48.7 Å². The van der Waals surface area contributed by atoms with Gasteiger partial charge in [0.25, 0.3) is 0 Å². The number of benzene rings is 2. The summed E-state index contributed by atoms with van der Waals surface area (Å²) in [7, 11) is 1.49. The number of methoxy groups -OCH3 is 1. The zero-order chi connectivity index (χ0) is 23.5. The molecule has 1 N–H and O–H groups in total. The van der Waals surface area contributed by atoms with Gasteiger partial charge in [0.05, 0.1) is 18.8 Å². The molecule has 1 atom stereocenters. The van der Waals surface area contributed by atoms with Gasteiger partial charge in [-0.2, -0.15) is 0 Å². The number of aryl methyl sites for hydroxylation is 1. The lowest BCUT2D eigenvalue weighted by molar-refractivity contribution is -0.140. The highest BCUT2D eigenvalue weighted by Crippen LogP contribution is 2.27. The number of ether oxygens (including phenoxy) is 1. The largest absolute Gasteiger partial charge is 0.497 e. The molecule has 2 aromatic carbocycles. The van der Waals surface area contributed by atoms with Crippen LogP contribution in [-0.4, -0.2) is 42.3 Å². The average Bonchev–Trinajstić information content (AvgIpc) is 3.42. The van der Waals surface area contributed by atoms with Crippen LogP contribution in [0.5, 0.6) is 5.75 Å². The Morgan fingerprint density at radius 1 is 1.00 bits per heavy atom. The second-order valence-corrected chi connectivity index (χ2v) is 8.42. The topological polar surface area (TPSA) is 96.0 Å². The lowest BCUT2D eigenvalue weighted by atomic mass is 10.0. The van der Waals surface area contributed by atoms with Crippen molar-refractivity contribution in [3.05, 3.63) is 82.0 Å². The monoisotopic (exact) mass is 463 g/mol. The van der Waals surface area contributed by atoms with Gasteiger partial charge < -0.3 is 10.1 Å². The molecule has 2 heterocycles. The lowest BCUT2D eigenvalue weighted by Gasteiger charge is -2.20. The summed E-state index contributed by atoms with van der Waals surface area (Å²) in [5.74, 6) is -2.07. The molecule has 33 heavy (non-hydrogen) atoms. The quantitative estimate of drug-likeness (QED) is 0.429. The van der Waals surface area contributed by atoms with Gasteiger partial charge in [0.2, 0.25) is 5.91 Å². The van der Waals surface area contributed by atoms with Gasteiger partial charge in [-0.05, 0) is 48.2 Å². The third-order valence-electron chi connectivity index (χ3n) is 5.23. The number of rotatable bonds is 7. The van der Waals surface area contributed by atoms with E-state index in [4.69, 9.17) is 4.74 Å². The zero-order valence-corrected chi connectivity index (χ0v) is 18.8. The van der Waals surface area contributed by atoms with E-state index in [0.29, 0.717) is 10.6 Å². The van der Waals surface area contributed by atoms with Gasteiger partial charge in [-0.1, -0.05) is 35.9 Å². The van der Waals surface area contributed by atoms with E-state index in [9.17, 15) is 19.2 Å². The van der Waals surface area contributed by atoms with Crippen LogP contribution in [0.25, 0.3) is 0 Å². The number of carbonyl (C=O) groups is 4. The Balaban J connectivity index is 1.51. The van der Waals surface area contributed by atoms with Gasteiger partial charge in [0, 0.05) is 4.88 Å². The molecule has 0 radical (unpaired) electrons. The Labute approximate surface area is 194 Å². The number of hydrogen-bond acceptors (Lipinski definition) is 6. The Hall–Kier alpha value is -3.98. The summed E-state index contributed by atoms with van der Waals surface area (Å²) >= 11 is 1.48. The fourth-order valence-corrected chi connectivity index (χ4v) is 4.29. The molecular formula is C24H21N3O5S. The highest BCUT2D eigenvalue weighted by atomic mass is 32.1. The van der Waals surface area contributed by atoms with Crippen LogP contribution < -0.4 is 15.0 Å². The van der Waals surface area contributed by atoms with Crippen molar-refractivity contribution < 1.29 is 23.9 Å². The van der Waals surface area contributed by atoms with Gasteiger partial charge in [-0.3, -0.25) is 14.4 Å². The number of nitrogens with zero attached hydrogens (tertiary/aromatic N) is 2. The molecule has 168 valence electrons. The Bertz CT molecular complexity index is 1190. The SMILES string of the molecule is COc1ccc(N2C(=O)C(=O)N(CC(=O)N[C@H](c3ccc(C)cc3)c3cccs3)C2=O)cc1. The van der Waals surface area contributed by atoms with Gasteiger partial charge in [0.15, 0.2) is 0 Å². The van der Waals surface area contributed by atoms with Gasteiger partial charge in [-0.25, -0.2) is 14.6 Å². The van der Waals surface area contributed by atoms with Gasteiger partial charge in [-0.15, -0.1) is 11.3 Å². The molecule has 8 nitrogen and oxygen atoms in total. The minimum Gasteiger partial charge on any atom is -0.497 e. The number of imide groups is 2. The zero-order valence-electron chi connectivity index (χ0n) is 18.0. The maximum Gasteiger partial charge on any atom is 0.339 e. The maximum absolute atomic E-state index is 12.9.